The maximum absolute atomic E-state index is 4.33. The molecule has 5 nitrogen and oxygen atoms in total. The Morgan fingerprint density at radius 2 is 1.75 bits per heavy atom. The molecule has 0 spiro atoms. The van der Waals surface area contributed by atoms with E-state index in [1.165, 1.54) is 5.56 Å². The summed E-state index contributed by atoms with van der Waals surface area (Å²) in [5.74, 6) is 0.829. The number of aromatic nitrogens is 4. The van der Waals surface area contributed by atoms with Crippen molar-refractivity contribution in [3.63, 3.8) is 0 Å². The summed E-state index contributed by atoms with van der Waals surface area (Å²) in [7, 11) is 0. The summed E-state index contributed by atoms with van der Waals surface area (Å²) >= 11 is 0. The molecule has 3 aromatic rings. The van der Waals surface area contributed by atoms with Crippen LogP contribution in [0.15, 0.2) is 54.6 Å². The number of tetrazole rings is 1. The van der Waals surface area contributed by atoms with Gasteiger partial charge in [0.05, 0.1) is 11.2 Å². The van der Waals surface area contributed by atoms with Gasteiger partial charge in [0.25, 0.3) is 0 Å². The third-order valence-electron chi connectivity index (χ3n) is 4.54. The first-order valence-corrected chi connectivity index (χ1v) is 8.28. The number of benzene rings is 2. The van der Waals surface area contributed by atoms with Crippen LogP contribution in [-0.2, 0) is 12.1 Å². The molecule has 0 bridgehead atoms. The van der Waals surface area contributed by atoms with Crippen molar-refractivity contribution in [1.82, 2.24) is 25.5 Å². The second-order valence-corrected chi connectivity index (χ2v) is 6.23. The Hall–Kier alpha value is -2.53. The maximum Gasteiger partial charge on any atom is 0.176 e. The quantitative estimate of drug-likeness (QED) is 0.756. The van der Waals surface area contributed by atoms with Crippen molar-refractivity contribution in [2.45, 2.75) is 39.3 Å². The van der Waals surface area contributed by atoms with Crippen molar-refractivity contribution < 1.29 is 0 Å². The van der Waals surface area contributed by atoms with Gasteiger partial charge in [-0.2, -0.15) is 4.68 Å². The number of rotatable bonds is 6. The van der Waals surface area contributed by atoms with Gasteiger partial charge in [-0.3, -0.25) is 0 Å². The Kier molecular flexibility index (Phi) is 4.71. The molecular formula is C19H23N5. The van der Waals surface area contributed by atoms with Gasteiger partial charge >= 0.3 is 0 Å². The van der Waals surface area contributed by atoms with E-state index in [4.69, 9.17) is 0 Å². The van der Waals surface area contributed by atoms with Crippen LogP contribution in [0.3, 0.4) is 0 Å². The van der Waals surface area contributed by atoms with E-state index in [1.54, 1.807) is 0 Å². The number of hydrogen-bond acceptors (Lipinski definition) is 4. The second-order valence-electron chi connectivity index (χ2n) is 6.23. The van der Waals surface area contributed by atoms with Crippen LogP contribution in [0, 0.1) is 6.92 Å². The summed E-state index contributed by atoms with van der Waals surface area (Å²) in [5.41, 5.74) is 3.08. The van der Waals surface area contributed by atoms with Gasteiger partial charge in [-0.25, -0.2) is 0 Å². The van der Waals surface area contributed by atoms with Crippen LogP contribution in [-0.4, -0.2) is 20.2 Å². The zero-order valence-electron chi connectivity index (χ0n) is 14.4. The van der Waals surface area contributed by atoms with Crippen molar-refractivity contribution in [3.8, 4) is 5.69 Å². The predicted molar refractivity (Wildman–Crippen MR) is 94.8 cm³/mol. The molecule has 1 N–H and O–H groups in total. The molecule has 0 fully saturated rings. The van der Waals surface area contributed by atoms with Gasteiger partial charge in [-0.1, -0.05) is 55.5 Å². The average molecular weight is 321 g/mol. The molecule has 2 aromatic carbocycles. The Morgan fingerprint density at radius 3 is 2.46 bits per heavy atom. The first-order chi connectivity index (χ1) is 11.6. The molecule has 0 amide bonds. The first kappa shape index (κ1) is 16.3. The molecule has 0 aliphatic heterocycles. The Bertz CT molecular complexity index is 796. The molecule has 1 aromatic heterocycles. The molecule has 3 rings (SSSR count). The zero-order valence-corrected chi connectivity index (χ0v) is 14.4. The summed E-state index contributed by atoms with van der Waals surface area (Å²) in [6, 6.07) is 18.5. The van der Waals surface area contributed by atoms with Crippen LogP contribution < -0.4 is 5.32 Å². The summed E-state index contributed by atoms with van der Waals surface area (Å²) in [6.07, 6.45) is 0.881. The molecule has 1 atom stereocenters. The van der Waals surface area contributed by atoms with Crippen LogP contribution in [0.25, 0.3) is 5.69 Å². The van der Waals surface area contributed by atoms with Crippen molar-refractivity contribution in [2.75, 3.05) is 0 Å². The molecule has 1 heterocycles. The summed E-state index contributed by atoms with van der Waals surface area (Å²) < 4.78 is 1.84. The fourth-order valence-electron chi connectivity index (χ4n) is 2.75. The van der Waals surface area contributed by atoms with Crippen molar-refractivity contribution in [1.29, 1.82) is 0 Å². The highest BCUT2D eigenvalue weighted by atomic mass is 15.6. The van der Waals surface area contributed by atoms with Crippen molar-refractivity contribution >= 4 is 0 Å². The molecule has 0 radical (unpaired) electrons. The standard InChI is InChI=1S/C19H23N5/c1-4-19(3,20-14-16-11-6-5-7-12-16)18-21-22-23-24(18)17-13-9-8-10-15(17)2/h5-13,20H,4,14H2,1-3H3/t19-/m0/s1. The van der Waals surface area contributed by atoms with Gasteiger partial charge in [-0.05, 0) is 47.9 Å². The lowest BCUT2D eigenvalue weighted by Crippen LogP contribution is -2.41. The molecule has 24 heavy (non-hydrogen) atoms. The highest BCUT2D eigenvalue weighted by Gasteiger charge is 2.31. The van der Waals surface area contributed by atoms with Crippen LogP contribution >= 0.6 is 0 Å². The highest BCUT2D eigenvalue weighted by Crippen LogP contribution is 2.25. The Labute approximate surface area is 142 Å². The smallest absolute Gasteiger partial charge is 0.176 e. The van der Waals surface area contributed by atoms with Crippen LogP contribution in [0.5, 0.6) is 0 Å². The van der Waals surface area contributed by atoms with E-state index < -0.39 is 0 Å². The lowest BCUT2D eigenvalue weighted by atomic mass is 9.96. The number of para-hydroxylation sites is 1. The van der Waals surface area contributed by atoms with Crippen LogP contribution in [0.4, 0.5) is 0 Å². The number of nitrogens with zero attached hydrogens (tertiary/aromatic N) is 4. The van der Waals surface area contributed by atoms with Gasteiger partial charge in [0.15, 0.2) is 5.82 Å². The lowest BCUT2D eigenvalue weighted by Gasteiger charge is -2.28. The van der Waals surface area contributed by atoms with Crippen LogP contribution in [0.2, 0.25) is 0 Å². The van der Waals surface area contributed by atoms with Crippen LogP contribution in [0.1, 0.15) is 37.2 Å². The molecule has 5 heteroatoms. The van der Waals surface area contributed by atoms with E-state index in [1.807, 2.05) is 28.9 Å². The van der Waals surface area contributed by atoms with Gasteiger partial charge in [-0.15, -0.1) is 5.10 Å². The van der Waals surface area contributed by atoms with E-state index in [-0.39, 0.29) is 5.54 Å². The Balaban J connectivity index is 1.91. The molecule has 0 aliphatic rings. The molecular weight excluding hydrogens is 298 g/mol. The SMILES string of the molecule is CC[C@](C)(NCc1ccccc1)c1nnnn1-c1ccccc1C. The molecule has 0 aliphatic carbocycles. The summed E-state index contributed by atoms with van der Waals surface area (Å²) in [5, 5.41) is 16.1. The Morgan fingerprint density at radius 1 is 1.04 bits per heavy atom. The highest BCUT2D eigenvalue weighted by molar-refractivity contribution is 5.40. The number of hydrogen-bond donors (Lipinski definition) is 1. The van der Waals surface area contributed by atoms with Gasteiger partial charge in [0.1, 0.15) is 0 Å². The van der Waals surface area contributed by atoms with Gasteiger partial charge in [0.2, 0.25) is 0 Å². The molecule has 0 unspecified atom stereocenters. The van der Waals surface area contributed by atoms with Crippen molar-refractivity contribution in [3.05, 3.63) is 71.5 Å². The third-order valence-corrected chi connectivity index (χ3v) is 4.54. The largest absolute Gasteiger partial charge is 0.301 e. The van der Waals surface area contributed by atoms with E-state index in [0.29, 0.717) is 0 Å². The molecule has 0 saturated heterocycles. The van der Waals surface area contributed by atoms with Crippen molar-refractivity contribution in [2.24, 2.45) is 0 Å². The lowest BCUT2D eigenvalue weighted by molar-refractivity contribution is 0.324. The monoisotopic (exact) mass is 321 g/mol. The van der Waals surface area contributed by atoms with Gasteiger partial charge in [0, 0.05) is 6.54 Å². The molecule has 124 valence electrons. The average Bonchev–Trinajstić information content (AvgIpc) is 3.11. The summed E-state index contributed by atoms with van der Waals surface area (Å²) in [6.45, 7) is 7.14. The third kappa shape index (κ3) is 3.21. The van der Waals surface area contributed by atoms with E-state index in [9.17, 15) is 0 Å². The number of nitrogens with one attached hydrogen (secondary N) is 1. The predicted octanol–water partition coefficient (Wildman–Crippen LogP) is 3.39. The normalized spacial score (nSPS) is 13.6. The second kappa shape index (κ2) is 6.93. The fourth-order valence-corrected chi connectivity index (χ4v) is 2.75. The van der Waals surface area contributed by atoms with E-state index in [2.05, 4.69) is 71.9 Å². The summed E-state index contributed by atoms with van der Waals surface area (Å²) in [4.78, 5) is 0. The topological polar surface area (TPSA) is 55.6 Å². The minimum absolute atomic E-state index is 0.318. The molecule has 0 saturated carbocycles. The van der Waals surface area contributed by atoms with E-state index in [0.717, 1.165) is 30.0 Å². The number of aryl methyl sites for hydroxylation is 1. The fraction of sp³-hybridized carbons (Fsp3) is 0.316. The minimum atomic E-state index is -0.318. The maximum atomic E-state index is 4.33. The van der Waals surface area contributed by atoms with E-state index >= 15 is 0 Å². The minimum Gasteiger partial charge on any atom is -0.301 e. The first-order valence-electron chi connectivity index (χ1n) is 8.28. The zero-order chi connectivity index (χ0) is 17.0. The van der Waals surface area contributed by atoms with Gasteiger partial charge < -0.3 is 5.32 Å².